The first-order valence-corrected chi connectivity index (χ1v) is 9.89. The van der Waals surface area contributed by atoms with E-state index >= 15 is 0 Å². The van der Waals surface area contributed by atoms with E-state index in [1.54, 1.807) is 5.56 Å². The highest BCUT2D eigenvalue weighted by molar-refractivity contribution is 6.23. The van der Waals surface area contributed by atoms with Crippen LogP contribution in [0.25, 0.3) is 32.3 Å². The quantitative estimate of drug-likeness (QED) is 0.331. The van der Waals surface area contributed by atoms with Crippen LogP contribution in [-0.2, 0) is 0 Å². The second-order valence-corrected chi connectivity index (χ2v) is 8.73. The molecule has 0 spiro atoms. The third kappa shape index (κ3) is 1.73. The SMILES string of the molecule is CC1C(C)[C@H]2C[C@H]1C[C@@H]2c1ccc2ccc3cccc4ccc1c2c34. The third-order valence-electron chi connectivity index (χ3n) is 7.86. The van der Waals surface area contributed by atoms with Crippen LogP contribution in [0.4, 0.5) is 0 Å². The third-order valence-corrected chi connectivity index (χ3v) is 7.86. The van der Waals surface area contributed by atoms with Crippen molar-refractivity contribution in [3.8, 4) is 0 Å². The average Bonchev–Trinajstić information content (AvgIpc) is 3.20. The van der Waals surface area contributed by atoms with E-state index in [0.717, 1.165) is 29.6 Å². The van der Waals surface area contributed by atoms with Crippen molar-refractivity contribution in [2.75, 3.05) is 0 Å². The summed E-state index contributed by atoms with van der Waals surface area (Å²) in [6, 6.07) is 20.9. The lowest BCUT2D eigenvalue weighted by molar-refractivity contribution is 0.233. The summed E-state index contributed by atoms with van der Waals surface area (Å²) < 4.78 is 0. The van der Waals surface area contributed by atoms with Gasteiger partial charge in [-0.25, -0.2) is 0 Å². The summed E-state index contributed by atoms with van der Waals surface area (Å²) in [7, 11) is 0. The molecule has 0 amide bonds. The van der Waals surface area contributed by atoms with E-state index in [0.29, 0.717) is 0 Å². The number of hydrogen-bond acceptors (Lipinski definition) is 0. The predicted molar refractivity (Wildman–Crippen MR) is 107 cm³/mol. The van der Waals surface area contributed by atoms with Crippen molar-refractivity contribution >= 4 is 32.3 Å². The van der Waals surface area contributed by atoms with E-state index in [1.807, 2.05) is 0 Å². The molecule has 2 saturated carbocycles. The van der Waals surface area contributed by atoms with Crippen molar-refractivity contribution in [1.82, 2.24) is 0 Å². The van der Waals surface area contributed by atoms with E-state index in [9.17, 15) is 0 Å². The van der Waals surface area contributed by atoms with E-state index in [-0.39, 0.29) is 0 Å². The van der Waals surface area contributed by atoms with Gasteiger partial charge in [-0.2, -0.15) is 0 Å². The fourth-order valence-corrected chi connectivity index (χ4v) is 6.38. The Balaban J connectivity index is 1.64. The number of fused-ring (bicyclic) bond motifs is 2. The minimum Gasteiger partial charge on any atom is -0.0620 e. The first-order valence-electron chi connectivity index (χ1n) is 9.89. The maximum Gasteiger partial charge on any atom is -0.00239 e. The van der Waals surface area contributed by atoms with Crippen molar-refractivity contribution < 1.29 is 0 Å². The number of benzene rings is 4. The van der Waals surface area contributed by atoms with Gasteiger partial charge in [0.25, 0.3) is 0 Å². The van der Waals surface area contributed by atoms with Crippen molar-refractivity contribution in [3.05, 3.63) is 60.2 Å². The Hall–Kier alpha value is -2.08. The molecule has 6 rings (SSSR count). The van der Waals surface area contributed by atoms with Gasteiger partial charge in [0, 0.05) is 0 Å². The van der Waals surface area contributed by atoms with Gasteiger partial charge in [-0.3, -0.25) is 0 Å². The minimum atomic E-state index is 0.765. The summed E-state index contributed by atoms with van der Waals surface area (Å²) >= 11 is 0. The smallest absolute Gasteiger partial charge is 0.00239 e. The predicted octanol–water partition coefficient (Wildman–Crippen LogP) is 6.98. The van der Waals surface area contributed by atoms with Gasteiger partial charge in [0.15, 0.2) is 0 Å². The van der Waals surface area contributed by atoms with Gasteiger partial charge in [-0.1, -0.05) is 68.4 Å². The molecule has 25 heavy (non-hydrogen) atoms. The second kappa shape index (κ2) is 4.75. The molecule has 2 unspecified atom stereocenters. The first kappa shape index (κ1) is 14.1. The fourth-order valence-electron chi connectivity index (χ4n) is 6.38. The van der Waals surface area contributed by atoms with E-state index in [2.05, 4.69) is 68.4 Å². The zero-order valence-electron chi connectivity index (χ0n) is 15.0. The van der Waals surface area contributed by atoms with Crippen LogP contribution in [-0.4, -0.2) is 0 Å². The van der Waals surface area contributed by atoms with Gasteiger partial charge in [-0.05, 0) is 80.3 Å². The molecule has 0 radical (unpaired) electrons. The normalized spacial score (nSPS) is 31.7. The standard InChI is InChI=1S/C25H24/c1-14-15(2)22-12-19(14)13-23(22)20-10-8-18-7-6-16-4-3-5-17-9-11-21(20)25(18)24(16)17/h3-11,14-15,19,22-23H,12-13H2,1-2H3/t14?,15?,19-,22+,23+/m0/s1. The molecule has 0 heterocycles. The molecule has 0 heteroatoms. The van der Waals surface area contributed by atoms with Crippen molar-refractivity contribution in [2.24, 2.45) is 23.7 Å². The lowest BCUT2D eigenvalue weighted by atomic mass is 9.72. The molecule has 0 aromatic heterocycles. The summed E-state index contributed by atoms with van der Waals surface area (Å²) in [5, 5.41) is 8.62. The van der Waals surface area contributed by atoms with E-state index < -0.39 is 0 Å². The van der Waals surface area contributed by atoms with Gasteiger partial charge in [-0.15, -0.1) is 0 Å². The van der Waals surface area contributed by atoms with Crippen LogP contribution in [0.3, 0.4) is 0 Å². The van der Waals surface area contributed by atoms with Crippen molar-refractivity contribution in [3.63, 3.8) is 0 Å². The molecule has 124 valence electrons. The Morgan fingerprint density at radius 1 is 0.680 bits per heavy atom. The van der Waals surface area contributed by atoms with Crippen LogP contribution in [0.1, 0.15) is 38.2 Å². The second-order valence-electron chi connectivity index (χ2n) is 8.73. The Bertz CT molecular complexity index is 1090. The molecular weight excluding hydrogens is 300 g/mol. The molecule has 0 N–H and O–H groups in total. The largest absolute Gasteiger partial charge is 0.0620 e. The number of rotatable bonds is 1. The Kier molecular flexibility index (Phi) is 2.69. The lowest BCUT2D eigenvalue weighted by Gasteiger charge is -2.33. The van der Waals surface area contributed by atoms with Gasteiger partial charge in [0.05, 0.1) is 0 Å². The molecule has 4 aromatic rings. The Morgan fingerprint density at radius 3 is 2.08 bits per heavy atom. The Morgan fingerprint density at radius 2 is 1.36 bits per heavy atom. The van der Waals surface area contributed by atoms with Crippen molar-refractivity contribution in [2.45, 2.75) is 32.6 Å². The van der Waals surface area contributed by atoms with Crippen LogP contribution in [0.2, 0.25) is 0 Å². The highest BCUT2D eigenvalue weighted by Gasteiger charge is 2.49. The molecule has 0 nitrogen and oxygen atoms in total. The average molecular weight is 324 g/mol. The summed E-state index contributed by atoms with van der Waals surface area (Å²) in [5.74, 6) is 4.39. The summed E-state index contributed by atoms with van der Waals surface area (Å²) in [4.78, 5) is 0. The van der Waals surface area contributed by atoms with Crippen molar-refractivity contribution in [1.29, 1.82) is 0 Å². The lowest BCUT2D eigenvalue weighted by Crippen LogP contribution is -2.23. The molecule has 2 fully saturated rings. The summed E-state index contributed by atoms with van der Waals surface area (Å²) in [6.45, 7) is 4.98. The first-order chi connectivity index (χ1) is 12.2. The highest BCUT2D eigenvalue weighted by atomic mass is 14.5. The van der Waals surface area contributed by atoms with Crippen LogP contribution >= 0.6 is 0 Å². The zero-order chi connectivity index (χ0) is 16.7. The fraction of sp³-hybridized carbons (Fsp3) is 0.360. The zero-order valence-corrected chi connectivity index (χ0v) is 15.0. The van der Waals surface area contributed by atoms with Crippen LogP contribution in [0, 0.1) is 23.7 Å². The van der Waals surface area contributed by atoms with Crippen LogP contribution in [0.15, 0.2) is 54.6 Å². The monoisotopic (exact) mass is 324 g/mol. The van der Waals surface area contributed by atoms with Crippen LogP contribution < -0.4 is 0 Å². The van der Waals surface area contributed by atoms with Gasteiger partial charge < -0.3 is 0 Å². The van der Waals surface area contributed by atoms with Gasteiger partial charge in [0.1, 0.15) is 0 Å². The molecule has 0 saturated heterocycles. The van der Waals surface area contributed by atoms with Gasteiger partial charge >= 0.3 is 0 Å². The minimum absolute atomic E-state index is 0.765. The molecule has 2 aliphatic carbocycles. The molecule has 5 atom stereocenters. The maximum absolute atomic E-state index is 2.50. The molecule has 4 aromatic carbocycles. The summed E-state index contributed by atoms with van der Waals surface area (Å²) in [5.41, 5.74) is 1.62. The summed E-state index contributed by atoms with van der Waals surface area (Å²) in [6.07, 6.45) is 2.86. The van der Waals surface area contributed by atoms with E-state index in [4.69, 9.17) is 0 Å². The highest BCUT2D eigenvalue weighted by Crippen LogP contribution is 2.59. The molecular formula is C25H24. The van der Waals surface area contributed by atoms with E-state index in [1.165, 1.54) is 45.2 Å². The number of hydrogen-bond donors (Lipinski definition) is 0. The Labute approximate surface area is 149 Å². The van der Waals surface area contributed by atoms with Crippen LogP contribution in [0.5, 0.6) is 0 Å². The molecule has 2 aliphatic rings. The topological polar surface area (TPSA) is 0 Å². The van der Waals surface area contributed by atoms with Gasteiger partial charge in [0.2, 0.25) is 0 Å². The molecule has 2 bridgehead atoms. The molecule has 0 aliphatic heterocycles. The maximum atomic E-state index is 2.50.